The highest BCUT2D eigenvalue weighted by Crippen LogP contribution is 2.42. The first-order valence-corrected chi connectivity index (χ1v) is 7.69. The molecule has 1 unspecified atom stereocenters. The van der Waals surface area contributed by atoms with Crippen LogP contribution in [0.1, 0.15) is 18.4 Å². The van der Waals surface area contributed by atoms with E-state index in [1.165, 1.54) is 7.11 Å². The highest BCUT2D eigenvalue weighted by molar-refractivity contribution is 6.42. The molecule has 0 bridgehead atoms. The molecule has 8 heteroatoms. The van der Waals surface area contributed by atoms with Gasteiger partial charge in [-0.3, -0.25) is 0 Å². The Labute approximate surface area is 149 Å². The number of dihydropyridines is 1. The molecule has 0 spiro atoms. The van der Waals surface area contributed by atoms with Crippen LogP contribution in [0.3, 0.4) is 0 Å². The van der Waals surface area contributed by atoms with Crippen LogP contribution in [0.25, 0.3) is 0 Å². The first-order valence-electron chi connectivity index (χ1n) is 6.94. The fourth-order valence-corrected chi connectivity index (χ4v) is 2.85. The van der Waals surface area contributed by atoms with Crippen LogP contribution in [-0.4, -0.2) is 20.3 Å². The van der Waals surface area contributed by atoms with Gasteiger partial charge >= 0.3 is 6.16 Å². The zero-order chi connectivity index (χ0) is 17.9. The van der Waals surface area contributed by atoms with E-state index in [9.17, 15) is 10.1 Å². The van der Waals surface area contributed by atoms with E-state index >= 15 is 0 Å². The molecule has 0 aliphatic carbocycles. The lowest BCUT2D eigenvalue weighted by atomic mass is 9.86. The van der Waals surface area contributed by atoms with Crippen LogP contribution < -0.4 is 10.6 Å². The second-order valence-corrected chi connectivity index (χ2v) is 5.68. The number of benzene rings is 1. The molecular formula is C16H15Cl2N3O3. The summed E-state index contributed by atoms with van der Waals surface area (Å²) in [4.78, 5) is 11.6. The highest BCUT2D eigenvalue weighted by atomic mass is 35.5. The van der Waals surface area contributed by atoms with E-state index in [1.54, 1.807) is 32.2 Å². The zero-order valence-electron chi connectivity index (χ0n) is 13.2. The molecule has 0 aromatic heterocycles. The molecule has 0 fully saturated rings. The average molecular weight is 368 g/mol. The van der Waals surface area contributed by atoms with Gasteiger partial charge in [0.05, 0.1) is 40.4 Å². The molecular weight excluding hydrogens is 353 g/mol. The summed E-state index contributed by atoms with van der Waals surface area (Å²) < 4.78 is 9.85. The molecule has 1 heterocycles. The van der Waals surface area contributed by atoms with Gasteiger partial charge in [0.1, 0.15) is 11.6 Å². The van der Waals surface area contributed by atoms with Crippen molar-refractivity contribution >= 4 is 29.4 Å². The molecule has 0 radical (unpaired) electrons. The minimum atomic E-state index is -0.889. The number of methoxy groups -OCH3 is 1. The molecule has 0 saturated heterocycles. The molecule has 1 aromatic carbocycles. The monoisotopic (exact) mass is 367 g/mol. The predicted molar refractivity (Wildman–Crippen MR) is 90.2 cm³/mol. The van der Waals surface area contributed by atoms with Crippen LogP contribution in [0.15, 0.2) is 41.0 Å². The third-order valence-corrected chi connectivity index (χ3v) is 4.36. The van der Waals surface area contributed by atoms with Crippen molar-refractivity contribution in [2.75, 3.05) is 14.2 Å². The quantitative estimate of drug-likeness (QED) is 0.793. The maximum absolute atomic E-state index is 11.6. The van der Waals surface area contributed by atoms with Crippen molar-refractivity contribution in [2.24, 2.45) is 0 Å². The Balaban J connectivity index is 2.67. The minimum absolute atomic E-state index is 0.224. The van der Waals surface area contributed by atoms with Gasteiger partial charge in [-0.05, 0) is 18.6 Å². The van der Waals surface area contributed by atoms with Crippen LogP contribution in [0, 0.1) is 11.3 Å². The number of hydrogen-bond acceptors (Lipinski definition) is 6. The lowest BCUT2D eigenvalue weighted by Crippen LogP contribution is -2.33. The highest BCUT2D eigenvalue weighted by Gasteiger charge is 2.35. The van der Waals surface area contributed by atoms with Gasteiger partial charge in [0, 0.05) is 7.05 Å². The summed E-state index contributed by atoms with van der Waals surface area (Å²) in [6, 6.07) is 7.21. The second kappa shape index (κ2) is 7.47. The predicted octanol–water partition coefficient (Wildman–Crippen LogP) is 3.65. The Bertz CT molecular complexity index is 781. The van der Waals surface area contributed by atoms with Crippen molar-refractivity contribution in [1.29, 1.82) is 5.26 Å². The Hall–Kier alpha value is -2.36. The van der Waals surface area contributed by atoms with Gasteiger partial charge in [-0.15, -0.1) is 0 Å². The van der Waals surface area contributed by atoms with E-state index in [4.69, 9.17) is 27.9 Å². The van der Waals surface area contributed by atoms with Crippen molar-refractivity contribution in [3.63, 3.8) is 0 Å². The fourth-order valence-electron chi connectivity index (χ4n) is 2.43. The van der Waals surface area contributed by atoms with Crippen LogP contribution in [-0.2, 0) is 9.47 Å². The number of nitriles is 1. The van der Waals surface area contributed by atoms with E-state index in [-0.39, 0.29) is 10.8 Å². The van der Waals surface area contributed by atoms with E-state index < -0.39 is 12.1 Å². The molecule has 0 saturated carbocycles. The van der Waals surface area contributed by atoms with Crippen molar-refractivity contribution in [3.05, 3.63) is 56.7 Å². The van der Waals surface area contributed by atoms with E-state index in [0.29, 0.717) is 27.7 Å². The molecule has 2 N–H and O–H groups in total. The van der Waals surface area contributed by atoms with Crippen molar-refractivity contribution in [2.45, 2.75) is 12.8 Å². The summed E-state index contributed by atoms with van der Waals surface area (Å²) in [6.07, 6.45) is -0.889. The lowest BCUT2D eigenvalue weighted by Gasteiger charge is -2.29. The Kier molecular flexibility index (Phi) is 5.60. The van der Waals surface area contributed by atoms with Crippen LogP contribution >= 0.6 is 23.2 Å². The fraction of sp³-hybridized carbons (Fsp3) is 0.250. The molecule has 2 rings (SSSR count). The maximum Gasteiger partial charge on any atom is 0.513 e. The van der Waals surface area contributed by atoms with Gasteiger partial charge in [0.25, 0.3) is 0 Å². The standard InChI is InChI=1S/C16H15Cl2N3O3/c1-8-14(24-16(22)23-3)12(10(7-19)15(20-2)21-8)9-5-4-6-11(17)13(9)18/h4-6,12,20-21H,1-3H3. The average Bonchev–Trinajstić information content (AvgIpc) is 2.58. The van der Waals surface area contributed by atoms with Crippen molar-refractivity contribution < 1.29 is 14.3 Å². The van der Waals surface area contributed by atoms with Gasteiger partial charge < -0.3 is 20.1 Å². The first-order chi connectivity index (χ1) is 11.4. The molecule has 1 aromatic rings. The summed E-state index contributed by atoms with van der Waals surface area (Å²) >= 11 is 12.4. The molecule has 126 valence electrons. The minimum Gasteiger partial charge on any atom is -0.437 e. The van der Waals surface area contributed by atoms with Gasteiger partial charge in [-0.2, -0.15) is 5.26 Å². The summed E-state index contributed by atoms with van der Waals surface area (Å²) in [5.74, 6) is 0.0128. The number of hydrogen-bond donors (Lipinski definition) is 2. The zero-order valence-corrected chi connectivity index (χ0v) is 14.7. The number of carbonyl (C=O) groups is 1. The third kappa shape index (κ3) is 3.28. The number of ether oxygens (including phenoxy) is 2. The lowest BCUT2D eigenvalue weighted by molar-refractivity contribution is 0.0921. The van der Waals surface area contributed by atoms with Gasteiger partial charge in [0.2, 0.25) is 0 Å². The second-order valence-electron chi connectivity index (χ2n) is 4.90. The number of rotatable bonds is 3. The molecule has 24 heavy (non-hydrogen) atoms. The van der Waals surface area contributed by atoms with Gasteiger partial charge in [0.15, 0.2) is 0 Å². The van der Waals surface area contributed by atoms with E-state index in [1.807, 2.05) is 0 Å². The number of nitrogens with one attached hydrogen (secondary N) is 2. The summed E-state index contributed by atoms with van der Waals surface area (Å²) in [7, 11) is 2.88. The van der Waals surface area contributed by atoms with Gasteiger partial charge in [-0.1, -0.05) is 35.3 Å². The number of nitrogens with zero attached hydrogens (tertiary/aromatic N) is 1. The molecule has 1 atom stereocenters. The summed E-state index contributed by atoms with van der Waals surface area (Å²) in [5.41, 5.74) is 1.41. The van der Waals surface area contributed by atoms with E-state index in [2.05, 4.69) is 21.4 Å². The molecule has 0 amide bonds. The topological polar surface area (TPSA) is 83.4 Å². The number of allylic oxidation sites excluding steroid dienone is 2. The van der Waals surface area contributed by atoms with Crippen molar-refractivity contribution in [1.82, 2.24) is 10.6 Å². The Morgan fingerprint density at radius 1 is 1.42 bits per heavy atom. The Morgan fingerprint density at radius 3 is 2.71 bits per heavy atom. The van der Waals surface area contributed by atoms with Crippen LogP contribution in [0.4, 0.5) is 4.79 Å². The largest absolute Gasteiger partial charge is 0.513 e. The molecule has 1 aliphatic heterocycles. The van der Waals surface area contributed by atoms with Crippen molar-refractivity contribution in [3.8, 4) is 6.07 Å². The van der Waals surface area contributed by atoms with Gasteiger partial charge in [-0.25, -0.2) is 4.79 Å². The SMILES string of the molecule is CNC1=C(C#N)C(c2cccc(Cl)c2Cl)C(OC(=O)OC)=C(C)N1. The van der Waals surface area contributed by atoms with Crippen LogP contribution in [0.2, 0.25) is 10.0 Å². The smallest absolute Gasteiger partial charge is 0.437 e. The number of carbonyl (C=O) groups excluding carboxylic acids is 1. The molecule has 1 aliphatic rings. The number of halogens is 2. The van der Waals surface area contributed by atoms with Crippen LogP contribution in [0.5, 0.6) is 0 Å². The summed E-state index contributed by atoms with van der Waals surface area (Å²) in [5, 5.41) is 16.2. The first kappa shape index (κ1) is 18.0. The maximum atomic E-state index is 11.6. The Morgan fingerprint density at radius 2 is 2.12 bits per heavy atom. The third-order valence-electron chi connectivity index (χ3n) is 3.53. The summed E-state index contributed by atoms with van der Waals surface area (Å²) in [6.45, 7) is 1.72. The normalized spacial score (nSPS) is 17.1. The molecule has 6 nitrogen and oxygen atoms in total. The van der Waals surface area contributed by atoms with E-state index in [0.717, 1.165) is 0 Å².